The van der Waals surface area contributed by atoms with Crippen molar-refractivity contribution in [2.45, 2.75) is 6.54 Å². The van der Waals surface area contributed by atoms with Crippen molar-refractivity contribution in [1.29, 1.82) is 0 Å². The number of nitrogens with one attached hydrogen (secondary N) is 1. The van der Waals surface area contributed by atoms with E-state index in [4.69, 9.17) is 10.2 Å². The van der Waals surface area contributed by atoms with Crippen molar-refractivity contribution in [3.63, 3.8) is 0 Å². The van der Waals surface area contributed by atoms with Crippen LogP contribution in [0.15, 0.2) is 40.8 Å². The minimum Gasteiger partial charge on any atom is -0.423 e. The lowest BCUT2D eigenvalue weighted by atomic mass is 10.2. The van der Waals surface area contributed by atoms with Gasteiger partial charge in [0.1, 0.15) is 17.2 Å². The first kappa shape index (κ1) is 12.4. The van der Waals surface area contributed by atoms with Crippen LogP contribution in [0.2, 0.25) is 0 Å². The summed E-state index contributed by atoms with van der Waals surface area (Å²) in [5.41, 5.74) is 7.52. The Labute approximate surface area is 113 Å². The SMILES string of the molecule is Nc1cccc2oc(NCc3cc(F)ccc3F)nc12. The van der Waals surface area contributed by atoms with Gasteiger partial charge in [0.15, 0.2) is 5.58 Å². The third kappa shape index (κ3) is 2.27. The molecule has 2 aromatic carbocycles. The lowest BCUT2D eigenvalue weighted by molar-refractivity contribution is 0.582. The molecule has 0 aliphatic rings. The van der Waals surface area contributed by atoms with Crippen LogP contribution >= 0.6 is 0 Å². The molecule has 0 aliphatic carbocycles. The molecule has 0 saturated heterocycles. The fourth-order valence-electron chi connectivity index (χ4n) is 1.90. The van der Waals surface area contributed by atoms with Gasteiger partial charge in [-0.1, -0.05) is 6.07 Å². The Kier molecular flexibility index (Phi) is 2.98. The maximum absolute atomic E-state index is 13.5. The van der Waals surface area contributed by atoms with Crippen LogP contribution in [-0.2, 0) is 6.54 Å². The van der Waals surface area contributed by atoms with E-state index in [1.807, 2.05) is 0 Å². The van der Waals surface area contributed by atoms with Crippen LogP contribution in [0.1, 0.15) is 5.56 Å². The summed E-state index contributed by atoms with van der Waals surface area (Å²) in [4.78, 5) is 4.16. The number of aromatic nitrogens is 1. The second kappa shape index (κ2) is 4.80. The Morgan fingerprint density at radius 1 is 1.20 bits per heavy atom. The molecule has 0 spiro atoms. The number of nitrogens with zero attached hydrogens (tertiary/aromatic N) is 1. The number of halogens is 2. The molecule has 0 amide bonds. The van der Waals surface area contributed by atoms with Crippen molar-refractivity contribution in [2.24, 2.45) is 0 Å². The van der Waals surface area contributed by atoms with Gasteiger partial charge in [0.2, 0.25) is 0 Å². The molecule has 3 N–H and O–H groups in total. The van der Waals surface area contributed by atoms with E-state index in [1.54, 1.807) is 18.2 Å². The fraction of sp³-hybridized carbons (Fsp3) is 0.0714. The highest BCUT2D eigenvalue weighted by Gasteiger charge is 2.09. The van der Waals surface area contributed by atoms with Crippen molar-refractivity contribution < 1.29 is 13.2 Å². The standard InChI is InChI=1S/C14H11F2N3O/c15-9-4-5-10(16)8(6-9)7-18-14-19-13-11(17)2-1-3-12(13)20-14/h1-6H,7,17H2,(H,18,19). The van der Waals surface area contributed by atoms with Crippen LogP contribution in [0.3, 0.4) is 0 Å². The van der Waals surface area contributed by atoms with Crippen LogP contribution in [0.4, 0.5) is 20.5 Å². The number of rotatable bonds is 3. The van der Waals surface area contributed by atoms with E-state index in [0.29, 0.717) is 16.8 Å². The normalized spacial score (nSPS) is 10.9. The van der Waals surface area contributed by atoms with Gasteiger partial charge in [-0.2, -0.15) is 4.98 Å². The summed E-state index contributed by atoms with van der Waals surface area (Å²) in [6.45, 7) is 0.0658. The summed E-state index contributed by atoms with van der Waals surface area (Å²) >= 11 is 0. The molecule has 0 aliphatic heterocycles. The van der Waals surface area contributed by atoms with Gasteiger partial charge in [-0.05, 0) is 30.3 Å². The zero-order chi connectivity index (χ0) is 14.1. The highest BCUT2D eigenvalue weighted by atomic mass is 19.1. The predicted octanol–water partition coefficient (Wildman–Crippen LogP) is 3.30. The van der Waals surface area contributed by atoms with Crippen LogP contribution in [-0.4, -0.2) is 4.98 Å². The molecule has 6 heteroatoms. The zero-order valence-corrected chi connectivity index (χ0v) is 10.4. The lowest BCUT2D eigenvalue weighted by Gasteiger charge is -2.03. The molecule has 3 rings (SSSR count). The summed E-state index contributed by atoms with van der Waals surface area (Å²) in [6.07, 6.45) is 0. The van der Waals surface area contributed by atoms with Gasteiger partial charge >= 0.3 is 0 Å². The number of nitrogen functional groups attached to an aromatic ring is 1. The number of oxazole rings is 1. The Hall–Kier alpha value is -2.63. The highest BCUT2D eigenvalue weighted by molar-refractivity contribution is 5.86. The van der Waals surface area contributed by atoms with E-state index in [0.717, 1.165) is 18.2 Å². The van der Waals surface area contributed by atoms with Crippen LogP contribution in [0, 0.1) is 11.6 Å². The van der Waals surface area contributed by atoms with Gasteiger partial charge in [0, 0.05) is 12.1 Å². The molecule has 0 bridgehead atoms. The molecule has 3 aromatic rings. The van der Waals surface area contributed by atoms with Gasteiger partial charge in [-0.25, -0.2) is 8.78 Å². The van der Waals surface area contributed by atoms with Gasteiger partial charge in [0.25, 0.3) is 6.01 Å². The Balaban J connectivity index is 1.83. The molecular weight excluding hydrogens is 264 g/mol. The minimum absolute atomic E-state index is 0.0658. The van der Waals surface area contributed by atoms with E-state index in [9.17, 15) is 8.78 Å². The zero-order valence-electron chi connectivity index (χ0n) is 10.4. The van der Waals surface area contributed by atoms with Crippen LogP contribution < -0.4 is 11.1 Å². The lowest BCUT2D eigenvalue weighted by Crippen LogP contribution is -2.02. The monoisotopic (exact) mass is 275 g/mol. The number of para-hydroxylation sites is 1. The first-order valence-electron chi connectivity index (χ1n) is 5.96. The van der Waals surface area contributed by atoms with Gasteiger partial charge in [0.05, 0.1) is 5.69 Å². The third-order valence-electron chi connectivity index (χ3n) is 2.89. The maximum Gasteiger partial charge on any atom is 0.296 e. The smallest absolute Gasteiger partial charge is 0.296 e. The number of hydrogen-bond acceptors (Lipinski definition) is 4. The van der Waals surface area contributed by atoms with Crippen LogP contribution in [0.25, 0.3) is 11.1 Å². The number of anilines is 2. The molecule has 0 radical (unpaired) electrons. The first-order chi connectivity index (χ1) is 9.63. The average Bonchev–Trinajstić information content (AvgIpc) is 2.84. The van der Waals surface area contributed by atoms with E-state index < -0.39 is 11.6 Å². The molecule has 0 unspecified atom stereocenters. The van der Waals surface area contributed by atoms with Crippen molar-refractivity contribution in [3.8, 4) is 0 Å². The fourth-order valence-corrected chi connectivity index (χ4v) is 1.90. The summed E-state index contributed by atoms with van der Waals surface area (Å²) in [5, 5.41) is 2.81. The predicted molar refractivity (Wildman–Crippen MR) is 72.1 cm³/mol. The van der Waals surface area contributed by atoms with E-state index in [2.05, 4.69) is 10.3 Å². The highest BCUT2D eigenvalue weighted by Crippen LogP contribution is 2.24. The maximum atomic E-state index is 13.5. The van der Waals surface area contributed by atoms with Crippen molar-refractivity contribution in [1.82, 2.24) is 4.98 Å². The van der Waals surface area contributed by atoms with Gasteiger partial charge in [-0.3, -0.25) is 0 Å². The van der Waals surface area contributed by atoms with E-state index in [1.165, 1.54) is 0 Å². The Morgan fingerprint density at radius 2 is 2.05 bits per heavy atom. The number of nitrogens with two attached hydrogens (primary N) is 1. The third-order valence-corrected chi connectivity index (χ3v) is 2.89. The van der Waals surface area contributed by atoms with Crippen molar-refractivity contribution >= 4 is 22.8 Å². The summed E-state index contributed by atoms with van der Waals surface area (Å²) < 4.78 is 31.9. The first-order valence-corrected chi connectivity index (χ1v) is 5.96. The molecule has 20 heavy (non-hydrogen) atoms. The quantitative estimate of drug-likeness (QED) is 0.720. The van der Waals surface area contributed by atoms with E-state index in [-0.39, 0.29) is 18.1 Å². The molecule has 0 saturated carbocycles. The second-order valence-corrected chi connectivity index (χ2v) is 4.30. The molecular formula is C14H11F2N3O. The minimum atomic E-state index is -0.495. The van der Waals surface area contributed by atoms with Crippen molar-refractivity contribution in [3.05, 3.63) is 53.6 Å². The average molecular weight is 275 g/mol. The summed E-state index contributed by atoms with van der Waals surface area (Å²) in [5.74, 6) is -0.987. The Bertz CT molecular complexity index is 770. The molecule has 1 aromatic heterocycles. The molecule has 0 atom stereocenters. The number of benzene rings is 2. The molecule has 4 nitrogen and oxygen atoms in total. The van der Waals surface area contributed by atoms with E-state index >= 15 is 0 Å². The molecule has 0 fully saturated rings. The second-order valence-electron chi connectivity index (χ2n) is 4.30. The van der Waals surface area contributed by atoms with Crippen LogP contribution in [0.5, 0.6) is 0 Å². The summed E-state index contributed by atoms with van der Waals surface area (Å²) in [7, 11) is 0. The van der Waals surface area contributed by atoms with Crippen molar-refractivity contribution in [2.75, 3.05) is 11.1 Å². The van der Waals surface area contributed by atoms with Gasteiger partial charge in [-0.15, -0.1) is 0 Å². The topological polar surface area (TPSA) is 64.1 Å². The summed E-state index contributed by atoms with van der Waals surface area (Å²) in [6, 6.07) is 8.67. The molecule has 102 valence electrons. The number of fused-ring (bicyclic) bond motifs is 1. The molecule has 1 heterocycles. The van der Waals surface area contributed by atoms with Gasteiger partial charge < -0.3 is 15.5 Å². The largest absolute Gasteiger partial charge is 0.423 e. The Morgan fingerprint density at radius 3 is 2.85 bits per heavy atom. The number of hydrogen-bond donors (Lipinski definition) is 2.